The fraction of sp³-hybridized carbons (Fsp3) is 0.444. The molecule has 0 radical (unpaired) electrons. The maximum atomic E-state index is 6.62. The molecule has 20 heavy (non-hydrogen) atoms. The van der Waals surface area contributed by atoms with Crippen molar-refractivity contribution in [3.8, 4) is 0 Å². The molecule has 1 aliphatic rings. The highest BCUT2D eigenvalue weighted by Gasteiger charge is 2.26. The van der Waals surface area contributed by atoms with E-state index >= 15 is 0 Å². The van der Waals surface area contributed by atoms with E-state index < -0.39 is 0 Å². The van der Waals surface area contributed by atoms with Crippen molar-refractivity contribution in [2.45, 2.75) is 52.4 Å². The number of fused-ring (bicyclic) bond motifs is 1. The van der Waals surface area contributed by atoms with Crippen LogP contribution in [0, 0.1) is 0 Å². The van der Waals surface area contributed by atoms with Crippen LogP contribution in [0.1, 0.15) is 63.5 Å². The van der Waals surface area contributed by atoms with E-state index in [0.717, 1.165) is 47.7 Å². The lowest BCUT2D eigenvalue weighted by molar-refractivity contribution is 0.796. The quantitative estimate of drug-likeness (QED) is 0.531. The fourth-order valence-electron chi connectivity index (χ4n) is 2.68. The third kappa shape index (κ3) is 3.13. The third-order valence-corrected chi connectivity index (χ3v) is 4.61. The van der Waals surface area contributed by atoms with Crippen LogP contribution in [0.2, 0.25) is 0 Å². The topological polar surface area (TPSA) is 0 Å². The summed E-state index contributed by atoms with van der Waals surface area (Å²) in [5.74, 6) is 0. The molecular formula is C18H22Cl2. The van der Waals surface area contributed by atoms with Gasteiger partial charge in [0, 0.05) is 16.2 Å². The molecule has 0 N–H and O–H groups in total. The Kier molecular flexibility index (Phi) is 5.74. The van der Waals surface area contributed by atoms with Crippen molar-refractivity contribution in [1.29, 1.82) is 0 Å². The standard InChI is InChI=1S/C18H22Cl2/c1-3-5-9-15-17(16(19)12-6-4-2)13-10-7-8-11-14(13)18(15)20/h7-8,10-11H,3-6,9,12H2,1-2H3/b17-16+. The molecule has 1 aromatic carbocycles. The monoisotopic (exact) mass is 308 g/mol. The van der Waals surface area contributed by atoms with Crippen LogP contribution in [0.25, 0.3) is 10.6 Å². The highest BCUT2D eigenvalue weighted by molar-refractivity contribution is 6.52. The summed E-state index contributed by atoms with van der Waals surface area (Å²) in [6.07, 6.45) is 6.57. The van der Waals surface area contributed by atoms with E-state index in [4.69, 9.17) is 23.2 Å². The van der Waals surface area contributed by atoms with Gasteiger partial charge in [-0.2, -0.15) is 0 Å². The van der Waals surface area contributed by atoms with E-state index in [0.29, 0.717) is 0 Å². The molecule has 0 saturated carbocycles. The molecule has 0 heterocycles. The van der Waals surface area contributed by atoms with E-state index in [2.05, 4.69) is 32.0 Å². The van der Waals surface area contributed by atoms with E-state index in [1.54, 1.807) is 0 Å². The lowest BCUT2D eigenvalue weighted by Crippen LogP contribution is -1.90. The molecule has 0 unspecified atom stereocenters. The van der Waals surface area contributed by atoms with Gasteiger partial charge in [0.2, 0.25) is 0 Å². The number of unbranched alkanes of at least 4 members (excludes halogenated alkanes) is 2. The second-order valence-corrected chi connectivity index (χ2v) is 6.16. The first kappa shape index (κ1) is 15.7. The van der Waals surface area contributed by atoms with Crippen molar-refractivity contribution in [3.05, 3.63) is 46.0 Å². The average Bonchev–Trinajstić information content (AvgIpc) is 2.76. The molecule has 0 atom stereocenters. The molecule has 2 rings (SSSR count). The first-order valence-corrected chi connectivity index (χ1v) is 8.33. The number of benzene rings is 1. The van der Waals surface area contributed by atoms with Gasteiger partial charge in [-0.15, -0.1) is 0 Å². The Morgan fingerprint density at radius 3 is 2.30 bits per heavy atom. The van der Waals surface area contributed by atoms with Crippen LogP contribution >= 0.6 is 23.2 Å². The summed E-state index contributed by atoms with van der Waals surface area (Å²) in [6, 6.07) is 8.35. The number of allylic oxidation sites excluding steroid dienone is 3. The van der Waals surface area contributed by atoms with E-state index in [1.165, 1.54) is 23.1 Å². The third-order valence-electron chi connectivity index (χ3n) is 3.80. The smallest absolute Gasteiger partial charge is 0.0523 e. The minimum absolute atomic E-state index is 0.902. The van der Waals surface area contributed by atoms with Crippen LogP contribution in [0.4, 0.5) is 0 Å². The second kappa shape index (κ2) is 7.33. The lowest BCUT2D eigenvalue weighted by atomic mass is 9.97. The van der Waals surface area contributed by atoms with Crippen molar-refractivity contribution in [3.63, 3.8) is 0 Å². The van der Waals surface area contributed by atoms with Crippen molar-refractivity contribution in [1.82, 2.24) is 0 Å². The van der Waals surface area contributed by atoms with Gasteiger partial charge in [-0.3, -0.25) is 0 Å². The lowest BCUT2D eigenvalue weighted by Gasteiger charge is -2.10. The van der Waals surface area contributed by atoms with Gasteiger partial charge in [-0.05, 0) is 36.8 Å². The van der Waals surface area contributed by atoms with Gasteiger partial charge in [-0.25, -0.2) is 0 Å². The van der Waals surface area contributed by atoms with E-state index in [1.807, 2.05) is 6.07 Å². The maximum absolute atomic E-state index is 6.62. The Morgan fingerprint density at radius 1 is 1.00 bits per heavy atom. The van der Waals surface area contributed by atoms with Gasteiger partial charge >= 0.3 is 0 Å². The van der Waals surface area contributed by atoms with Crippen LogP contribution in [-0.2, 0) is 0 Å². The van der Waals surface area contributed by atoms with Crippen LogP contribution in [-0.4, -0.2) is 0 Å². The van der Waals surface area contributed by atoms with Crippen molar-refractivity contribution < 1.29 is 0 Å². The van der Waals surface area contributed by atoms with Gasteiger partial charge in [0.1, 0.15) is 0 Å². The van der Waals surface area contributed by atoms with Gasteiger partial charge in [0.25, 0.3) is 0 Å². The molecule has 0 aromatic heterocycles. The highest BCUT2D eigenvalue weighted by Crippen LogP contribution is 2.47. The zero-order valence-electron chi connectivity index (χ0n) is 12.3. The SMILES string of the molecule is CCCCC1=C(Cl)c2ccccc2/C1=C(\Cl)CCCC. The molecular weight excluding hydrogens is 287 g/mol. The molecule has 0 fully saturated rings. The molecule has 108 valence electrons. The number of hydrogen-bond donors (Lipinski definition) is 0. The predicted octanol–water partition coefficient (Wildman–Crippen LogP) is 6.98. The second-order valence-electron chi connectivity index (χ2n) is 5.33. The van der Waals surface area contributed by atoms with Crippen LogP contribution in [0.15, 0.2) is 34.9 Å². The zero-order valence-corrected chi connectivity index (χ0v) is 13.8. The Balaban J connectivity index is 2.45. The Bertz CT molecular complexity index is 538. The zero-order chi connectivity index (χ0) is 14.5. The highest BCUT2D eigenvalue weighted by atomic mass is 35.5. The van der Waals surface area contributed by atoms with Gasteiger partial charge in [0.05, 0.1) is 5.03 Å². The van der Waals surface area contributed by atoms with Crippen LogP contribution in [0.3, 0.4) is 0 Å². The van der Waals surface area contributed by atoms with Crippen LogP contribution in [0.5, 0.6) is 0 Å². The minimum atomic E-state index is 0.902. The van der Waals surface area contributed by atoms with Gasteiger partial charge < -0.3 is 0 Å². The van der Waals surface area contributed by atoms with E-state index in [-0.39, 0.29) is 0 Å². The summed E-state index contributed by atoms with van der Waals surface area (Å²) < 4.78 is 0. The van der Waals surface area contributed by atoms with Gasteiger partial charge in [-0.1, -0.05) is 74.2 Å². The summed E-state index contributed by atoms with van der Waals surface area (Å²) in [6.45, 7) is 4.40. The fourth-order valence-corrected chi connectivity index (χ4v) is 3.39. The molecule has 0 bridgehead atoms. The Hall–Kier alpha value is -0.720. The summed E-state index contributed by atoms with van der Waals surface area (Å²) in [4.78, 5) is 0. The molecule has 0 spiro atoms. The molecule has 0 nitrogen and oxygen atoms in total. The maximum Gasteiger partial charge on any atom is 0.0523 e. The van der Waals surface area contributed by atoms with E-state index in [9.17, 15) is 0 Å². The number of hydrogen-bond acceptors (Lipinski definition) is 0. The molecule has 0 aliphatic heterocycles. The number of rotatable bonds is 6. The summed E-state index contributed by atoms with van der Waals surface area (Å²) in [7, 11) is 0. The van der Waals surface area contributed by atoms with Gasteiger partial charge in [0.15, 0.2) is 0 Å². The first-order chi connectivity index (χ1) is 9.70. The molecule has 2 heteroatoms. The van der Waals surface area contributed by atoms with Crippen LogP contribution < -0.4 is 0 Å². The first-order valence-electron chi connectivity index (χ1n) is 7.58. The number of halogens is 2. The van der Waals surface area contributed by atoms with Crippen molar-refractivity contribution >= 4 is 33.8 Å². The largest absolute Gasteiger partial charge is 0.0885 e. The molecule has 0 amide bonds. The Labute approximate surface area is 132 Å². The summed E-state index contributed by atoms with van der Waals surface area (Å²) in [5, 5.41) is 1.87. The molecule has 1 aromatic rings. The minimum Gasteiger partial charge on any atom is -0.0885 e. The van der Waals surface area contributed by atoms with Crippen molar-refractivity contribution in [2.24, 2.45) is 0 Å². The predicted molar refractivity (Wildman–Crippen MR) is 91.0 cm³/mol. The summed E-state index contributed by atoms with van der Waals surface area (Å²) >= 11 is 13.2. The molecule has 1 aliphatic carbocycles. The van der Waals surface area contributed by atoms with Crippen molar-refractivity contribution in [2.75, 3.05) is 0 Å². The normalized spacial score (nSPS) is 16.6. The average molecular weight is 309 g/mol. The Morgan fingerprint density at radius 2 is 1.65 bits per heavy atom. The molecule has 0 saturated heterocycles. The summed E-state index contributed by atoms with van der Waals surface area (Å²) in [5.41, 5.74) is 4.81.